The Morgan fingerprint density at radius 1 is 1.33 bits per heavy atom. The van der Waals surface area contributed by atoms with Crippen LogP contribution in [0.2, 0.25) is 0 Å². The zero-order chi connectivity index (χ0) is 14.1. The van der Waals surface area contributed by atoms with Crippen LogP contribution in [-0.2, 0) is 19.6 Å². The predicted octanol–water partition coefficient (Wildman–Crippen LogP) is -0.658. The van der Waals surface area contributed by atoms with Crippen molar-refractivity contribution >= 4 is 21.9 Å². The standard InChI is InChI=1S/C10H18N2O5S/c1-7-5-11(8(2)13)9(4-10(14)15)6-12(7)18(3,16)17/h7,9H,4-6H2,1-3H3,(H,14,15)/t7-,9+/m0/s1. The van der Waals surface area contributed by atoms with Crippen LogP contribution < -0.4 is 0 Å². The number of hydrogen-bond donors (Lipinski definition) is 1. The number of carbonyl (C=O) groups excluding carboxylic acids is 1. The number of carboxylic acids is 1. The molecule has 1 aliphatic rings. The van der Waals surface area contributed by atoms with Crippen molar-refractivity contribution in [3.8, 4) is 0 Å². The van der Waals surface area contributed by atoms with Gasteiger partial charge >= 0.3 is 5.97 Å². The molecule has 8 heteroatoms. The van der Waals surface area contributed by atoms with E-state index in [0.29, 0.717) is 0 Å². The topological polar surface area (TPSA) is 95.0 Å². The maximum atomic E-state index is 11.6. The van der Waals surface area contributed by atoms with Crippen LogP contribution in [0.15, 0.2) is 0 Å². The first-order chi connectivity index (χ1) is 8.12. The van der Waals surface area contributed by atoms with Crippen molar-refractivity contribution in [2.24, 2.45) is 0 Å². The van der Waals surface area contributed by atoms with Crippen LogP contribution in [0.5, 0.6) is 0 Å². The molecule has 1 aliphatic heterocycles. The Balaban J connectivity index is 2.96. The van der Waals surface area contributed by atoms with Crippen molar-refractivity contribution in [2.75, 3.05) is 19.3 Å². The van der Waals surface area contributed by atoms with Gasteiger partial charge in [0, 0.05) is 26.1 Å². The number of rotatable bonds is 3. The van der Waals surface area contributed by atoms with E-state index < -0.39 is 22.0 Å². The van der Waals surface area contributed by atoms with Crippen molar-refractivity contribution in [2.45, 2.75) is 32.4 Å². The molecule has 7 nitrogen and oxygen atoms in total. The maximum absolute atomic E-state index is 11.6. The molecule has 1 N–H and O–H groups in total. The van der Waals surface area contributed by atoms with Gasteiger partial charge in [0.15, 0.2) is 0 Å². The van der Waals surface area contributed by atoms with Gasteiger partial charge in [-0.2, -0.15) is 4.31 Å². The molecule has 0 aromatic carbocycles. The van der Waals surface area contributed by atoms with Crippen LogP contribution in [0.4, 0.5) is 0 Å². The summed E-state index contributed by atoms with van der Waals surface area (Å²) in [6.07, 6.45) is 0.836. The number of sulfonamides is 1. The molecule has 0 spiro atoms. The van der Waals surface area contributed by atoms with E-state index in [2.05, 4.69) is 0 Å². The van der Waals surface area contributed by atoms with Gasteiger partial charge in [-0.3, -0.25) is 9.59 Å². The minimum Gasteiger partial charge on any atom is -0.481 e. The number of amides is 1. The summed E-state index contributed by atoms with van der Waals surface area (Å²) in [7, 11) is -3.39. The van der Waals surface area contributed by atoms with E-state index in [1.54, 1.807) is 6.92 Å². The van der Waals surface area contributed by atoms with Crippen LogP contribution in [0, 0.1) is 0 Å². The van der Waals surface area contributed by atoms with Crippen molar-refractivity contribution in [1.82, 2.24) is 9.21 Å². The lowest BCUT2D eigenvalue weighted by Crippen LogP contribution is -2.60. The molecule has 0 radical (unpaired) electrons. The first-order valence-corrected chi connectivity index (χ1v) is 7.43. The fourth-order valence-electron chi connectivity index (χ4n) is 2.24. The van der Waals surface area contributed by atoms with Crippen molar-refractivity contribution in [3.05, 3.63) is 0 Å². The quantitative estimate of drug-likeness (QED) is 0.739. The summed E-state index contributed by atoms with van der Waals surface area (Å²) in [6.45, 7) is 3.32. The Morgan fingerprint density at radius 3 is 2.28 bits per heavy atom. The Labute approximate surface area is 106 Å². The highest BCUT2D eigenvalue weighted by molar-refractivity contribution is 7.88. The molecule has 0 saturated carbocycles. The smallest absolute Gasteiger partial charge is 0.305 e. The van der Waals surface area contributed by atoms with Gasteiger partial charge in [0.25, 0.3) is 0 Å². The van der Waals surface area contributed by atoms with Gasteiger partial charge in [-0.25, -0.2) is 8.42 Å². The highest BCUT2D eigenvalue weighted by atomic mass is 32.2. The van der Waals surface area contributed by atoms with E-state index in [1.165, 1.54) is 16.1 Å². The molecule has 104 valence electrons. The third-order valence-electron chi connectivity index (χ3n) is 3.02. The second kappa shape index (κ2) is 5.23. The SMILES string of the molecule is CC(=O)N1C[C@H](C)N(S(C)(=O)=O)C[C@H]1CC(=O)O. The molecule has 1 fully saturated rings. The Morgan fingerprint density at radius 2 is 1.89 bits per heavy atom. The molecule has 1 rings (SSSR count). The molecule has 0 aliphatic carbocycles. The van der Waals surface area contributed by atoms with Crippen LogP contribution in [-0.4, -0.2) is 66.0 Å². The average molecular weight is 278 g/mol. The van der Waals surface area contributed by atoms with Crippen molar-refractivity contribution < 1.29 is 23.1 Å². The van der Waals surface area contributed by atoms with Crippen LogP contribution >= 0.6 is 0 Å². The maximum Gasteiger partial charge on any atom is 0.305 e. The molecule has 1 heterocycles. The molecule has 0 aromatic heterocycles. The molecule has 0 unspecified atom stereocenters. The number of carbonyl (C=O) groups is 2. The summed E-state index contributed by atoms with van der Waals surface area (Å²) in [4.78, 5) is 23.7. The van der Waals surface area contributed by atoms with Gasteiger partial charge in [0.2, 0.25) is 15.9 Å². The lowest BCUT2D eigenvalue weighted by Gasteiger charge is -2.43. The zero-order valence-electron chi connectivity index (χ0n) is 10.7. The molecule has 0 aromatic rings. The van der Waals surface area contributed by atoms with Crippen LogP contribution in [0.3, 0.4) is 0 Å². The minimum atomic E-state index is -3.39. The molecular weight excluding hydrogens is 260 g/mol. The predicted molar refractivity (Wildman–Crippen MR) is 64.4 cm³/mol. The first kappa shape index (κ1) is 14.9. The third kappa shape index (κ3) is 3.42. The average Bonchev–Trinajstić information content (AvgIpc) is 2.17. The normalized spacial score (nSPS) is 26.1. The number of piperazine rings is 1. The largest absolute Gasteiger partial charge is 0.481 e. The molecule has 18 heavy (non-hydrogen) atoms. The zero-order valence-corrected chi connectivity index (χ0v) is 11.5. The second-order valence-corrected chi connectivity index (χ2v) is 6.54. The van der Waals surface area contributed by atoms with E-state index in [-0.39, 0.29) is 31.5 Å². The Hall–Kier alpha value is -1.15. The number of nitrogens with zero attached hydrogens (tertiary/aromatic N) is 2. The number of carboxylic acid groups (broad SMARTS) is 1. The second-order valence-electron chi connectivity index (χ2n) is 4.60. The highest BCUT2D eigenvalue weighted by Crippen LogP contribution is 2.20. The highest BCUT2D eigenvalue weighted by Gasteiger charge is 2.37. The van der Waals surface area contributed by atoms with Gasteiger partial charge in [0.1, 0.15) is 0 Å². The molecular formula is C10H18N2O5S. The fourth-order valence-corrected chi connectivity index (χ4v) is 3.40. The minimum absolute atomic E-state index is 0.0336. The first-order valence-electron chi connectivity index (χ1n) is 5.58. The van der Waals surface area contributed by atoms with Gasteiger partial charge in [-0.05, 0) is 6.92 Å². The summed E-state index contributed by atoms with van der Waals surface area (Å²) in [5.74, 6) is -1.28. The summed E-state index contributed by atoms with van der Waals surface area (Å²) in [5, 5.41) is 8.81. The number of hydrogen-bond acceptors (Lipinski definition) is 4. The van der Waals surface area contributed by atoms with Gasteiger partial charge in [-0.15, -0.1) is 0 Å². The van der Waals surface area contributed by atoms with E-state index in [0.717, 1.165) is 6.26 Å². The van der Waals surface area contributed by atoms with E-state index in [4.69, 9.17) is 5.11 Å². The summed E-state index contributed by atoms with van der Waals surface area (Å²) in [6, 6.07) is -0.945. The van der Waals surface area contributed by atoms with E-state index in [1.807, 2.05) is 0 Å². The van der Waals surface area contributed by atoms with Gasteiger partial charge in [0.05, 0.1) is 18.7 Å². The van der Waals surface area contributed by atoms with Crippen LogP contribution in [0.1, 0.15) is 20.3 Å². The fraction of sp³-hybridized carbons (Fsp3) is 0.800. The number of aliphatic carboxylic acids is 1. The van der Waals surface area contributed by atoms with Gasteiger partial charge < -0.3 is 10.0 Å². The summed E-state index contributed by atoms with van der Waals surface area (Å²) < 4.78 is 24.4. The molecule has 2 atom stereocenters. The lowest BCUT2D eigenvalue weighted by atomic mass is 10.1. The lowest BCUT2D eigenvalue weighted by molar-refractivity contribution is -0.142. The van der Waals surface area contributed by atoms with E-state index in [9.17, 15) is 18.0 Å². The Kier molecular flexibility index (Phi) is 4.33. The molecule has 1 amide bonds. The van der Waals surface area contributed by atoms with Crippen molar-refractivity contribution in [3.63, 3.8) is 0 Å². The monoisotopic (exact) mass is 278 g/mol. The summed E-state index contributed by atoms with van der Waals surface area (Å²) >= 11 is 0. The summed E-state index contributed by atoms with van der Waals surface area (Å²) in [5.41, 5.74) is 0. The Bertz CT molecular complexity index is 447. The molecule has 0 bridgehead atoms. The molecule has 1 saturated heterocycles. The van der Waals surface area contributed by atoms with Gasteiger partial charge in [-0.1, -0.05) is 0 Å². The van der Waals surface area contributed by atoms with Crippen LogP contribution in [0.25, 0.3) is 0 Å². The van der Waals surface area contributed by atoms with E-state index >= 15 is 0 Å². The van der Waals surface area contributed by atoms with Crippen molar-refractivity contribution in [1.29, 1.82) is 0 Å². The third-order valence-corrected chi connectivity index (χ3v) is 4.39.